The second-order valence-corrected chi connectivity index (χ2v) is 2.41. The quantitative estimate of drug-likeness (QED) is 0.391. The minimum atomic E-state index is -6.00. The second kappa shape index (κ2) is 5.46. The van der Waals surface area contributed by atoms with Crippen molar-refractivity contribution in [1.82, 2.24) is 0 Å². The van der Waals surface area contributed by atoms with E-state index in [0.29, 0.717) is 0 Å². The van der Waals surface area contributed by atoms with E-state index in [0.717, 1.165) is 0 Å². The van der Waals surface area contributed by atoms with E-state index in [1.54, 1.807) is 11.8 Å². The minimum Gasteiger partial charge on any atom is -0.418 e. The lowest BCUT2D eigenvalue weighted by Crippen LogP contribution is -2.39. The summed E-state index contributed by atoms with van der Waals surface area (Å²) in [4.78, 5) is 4.89. The van der Waals surface area contributed by atoms with Gasteiger partial charge in [-0.05, 0) is 12.5 Å². The van der Waals surface area contributed by atoms with Crippen LogP contribution in [-0.4, -0.2) is 14.4 Å². The summed E-state index contributed by atoms with van der Waals surface area (Å²) in [5, 5.41) is 0. The summed E-state index contributed by atoms with van der Waals surface area (Å²) in [7, 11) is -4.37. The summed E-state index contributed by atoms with van der Waals surface area (Å²) < 4.78 is 40.6. The van der Waals surface area contributed by atoms with Gasteiger partial charge in [0, 0.05) is 16.9 Å². The Bertz CT molecular complexity index is 255. The number of hydrogen-bond acceptors (Lipinski definition) is 1. The zero-order chi connectivity index (χ0) is 11.2. The number of hydrogen-bond donors (Lipinski definition) is 0. The van der Waals surface area contributed by atoms with E-state index >= 15 is 0 Å². The molecule has 0 aliphatic heterocycles. The number of aromatic nitrogens is 1. The van der Waals surface area contributed by atoms with Gasteiger partial charge in [-0.1, -0.05) is 0 Å². The Morgan fingerprint density at radius 2 is 1.50 bits per heavy atom. The largest absolute Gasteiger partial charge is 0.673 e. The van der Waals surface area contributed by atoms with E-state index in [-0.39, 0.29) is 0 Å². The molecule has 14 heavy (non-hydrogen) atoms. The summed E-state index contributed by atoms with van der Waals surface area (Å²) in [5.41, 5.74) is 1.24. The predicted octanol–water partition coefficient (Wildman–Crippen LogP) is 1.64. The van der Waals surface area contributed by atoms with Crippen LogP contribution in [-0.2, 0) is 0 Å². The molecular weight excluding hydrogens is 201 g/mol. The Balaban J connectivity index is 0.000000292. The Morgan fingerprint density at radius 1 is 1.14 bits per heavy atom. The molecule has 0 aliphatic rings. The van der Waals surface area contributed by atoms with Gasteiger partial charge in [0.25, 0.3) is 0 Å². The van der Waals surface area contributed by atoms with E-state index < -0.39 is 7.25 Å². The van der Waals surface area contributed by atoms with Crippen molar-refractivity contribution in [2.24, 2.45) is 0 Å². The smallest absolute Gasteiger partial charge is 0.418 e. The summed E-state index contributed by atoms with van der Waals surface area (Å²) in [5.74, 6) is 0. The van der Waals surface area contributed by atoms with E-state index in [4.69, 9.17) is 4.84 Å². The maximum atomic E-state index is 9.75. The molecule has 0 N–H and O–H groups in total. The van der Waals surface area contributed by atoms with Crippen molar-refractivity contribution in [3.63, 3.8) is 0 Å². The maximum absolute atomic E-state index is 9.75. The molecule has 1 aromatic heterocycles. The average Bonchev–Trinajstić information content (AvgIpc) is 2.03. The first-order valence-electron chi connectivity index (χ1n) is 3.72. The third kappa shape index (κ3) is 8.83. The fraction of sp³-hybridized carbons (Fsp3) is 0.286. The van der Waals surface area contributed by atoms with E-state index in [1.165, 1.54) is 5.56 Å². The predicted molar refractivity (Wildman–Crippen MR) is 44.1 cm³/mol. The molecule has 0 unspecified atom stereocenters. The summed E-state index contributed by atoms with van der Waals surface area (Å²) in [6.07, 6.45) is 3.74. The highest BCUT2D eigenvalue weighted by Crippen LogP contribution is 2.06. The highest BCUT2D eigenvalue weighted by Gasteiger charge is 2.20. The molecule has 80 valence electrons. The molecule has 0 radical (unpaired) electrons. The lowest BCUT2D eigenvalue weighted by molar-refractivity contribution is -0.885. The topological polar surface area (TPSA) is 13.1 Å². The molecule has 0 saturated carbocycles. The van der Waals surface area contributed by atoms with Gasteiger partial charge >= 0.3 is 7.25 Å². The highest BCUT2D eigenvalue weighted by molar-refractivity contribution is 6.50. The summed E-state index contributed by atoms with van der Waals surface area (Å²) in [6.45, 7) is 2.04. The van der Waals surface area contributed by atoms with Crippen molar-refractivity contribution in [2.45, 2.75) is 6.92 Å². The van der Waals surface area contributed by atoms with Crippen LogP contribution in [0.1, 0.15) is 5.56 Å². The first-order chi connectivity index (χ1) is 6.33. The van der Waals surface area contributed by atoms with Crippen LogP contribution in [0.3, 0.4) is 0 Å². The number of rotatable bonds is 1. The van der Waals surface area contributed by atoms with Crippen LogP contribution in [0.4, 0.5) is 17.3 Å². The fourth-order valence-electron chi connectivity index (χ4n) is 0.609. The van der Waals surface area contributed by atoms with E-state index in [1.807, 2.05) is 31.5 Å². The molecule has 0 amide bonds. The van der Waals surface area contributed by atoms with Crippen LogP contribution in [0.15, 0.2) is 24.5 Å². The number of aryl methyl sites for hydroxylation is 1. The molecule has 1 heterocycles. The standard InChI is InChI=1S/C7H10NO.BF4/c1-7-3-5-8(9-2)6-4-7;2-1(3,4)5/h3-6H,1-2H3;/q+1;-1. The third-order valence-corrected chi connectivity index (χ3v) is 1.18. The van der Waals surface area contributed by atoms with Crippen LogP contribution < -0.4 is 9.57 Å². The van der Waals surface area contributed by atoms with E-state index in [9.17, 15) is 17.3 Å². The molecule has 0 saturated heterocycles. The van der Waals surface area contributed by atoms with E-state index in [2.05, 4.69) is 0 Å². The van der Waals surface area contributed by atoms with Crippen LogP contribution in [0.5, 0.6) is 0 Å². The second-order valence-electron chi connectivity index (χ2n) is 2.41. The molecule has 7 heteroatoms. The third-order valence-electron chi connectivity index (χ3n) is 1.18. The molecule has 2 nitrogen and oxygen atoms in total. The Kier molecular flexibility index (Phi) is 4.97. The SMILES string of the molecule is CO[n+]1ccc(C)cc1.F[B-](F)(F)F. The fourth-order valence-corrected chi connectivity index (χ4v) is 0.609. The molecular formula is C7H10BF4NO. The van der Waals surface area contributed by atoms with Gasteiger partial charge < -0.3 is 17.3 Å². The maximum Gasteiger partial charge on any atom is 0.673 e. The van der Waals surface area contributed by atoms with Crippen LogP contribution in [0, 0.1) is 6.92 Å². The zero-order valence-electron chi connectivity index (χ0n) is 7.75. The van der Waals surface area contributed by atoms with Crippen LogP contribution >= 0.6 is 0 Å². The van der Waals surface area contributed by atoms with Crippen LogP contribution in [0.25, 0.3) is 0 Å². The monoisotopic (exact) mass is 211 g/mol. The van der Waals surface area contributed by atoms with Crippen molar-refractivity contribution < 1.29 is 26.8 Å². The first-order valence-corrected chi connectivity index (χ1v) is 3.72. The van der Waals surface area contributed by atoms with Gasteiger partial charge in [0.1, 0.15) is 7.11 Å². The Labute approximate surface area is 79.2 Å². The molecule has 0 spiro atoms. The lowest BCUT2D eigenvalue weighted by atomic mass is 10.3. The normalized spacial score (nSPS) is 10.1. The number of halogens is 4. The Morgan fingerprint density at radius 3 is 1.79 bits per heavy atom. The molecule has 1 aromatic rings. The van der Waals surface area contributed by atoms with Gasteiger partial charge in [0.2, 0.25) is 12.4 Å². The van der Waals surface area contributed by atoms with Gasteiger partial charge in [-0.15, -0.1) is 0 Å². The number of pyridine rings is 1. The molecule has 0 aliphatic carbocycles. The van der Waals surface area contributed by atoms with Crippen molar-refractivity contribution in [3.8, 4) is 0 Å². The zero-order valence-corrected chi connectivity index (χ0v) is 7.75. The van der Waals surface area contributed by atoms with Crippen molar-refractivity contribution >= 4 is 7.25 Å². The molecule has 1 rings (SSSR count). The lowest BCUT2D eigenvalue weighted by Gasteiger charge is -1.94. The number of nitrogens with zero attached hydrogens (tertiary/aromatic N) is 1. The summed E-state index contributed by atoms with van der Waals surface area (Å²) in [6, 6.07) is 3.98. The first kappa shape index (κ1) is 12.7. The Hall–Kier alpha value is -1.27. The van der Waals surface area contributed by atoms with Crippen molar-refractivity contribution in [2.75, 3.05) is 7.11 Å². The van der Waals surface area contributed by atoms with Crippen LogP contribution in [0.2, 0.25) is 0 Å². The molecule has 0 bridgehead atoms. The van der Waals surface area contributed by atoms with Gasteiger partial charge in [-0.25, -0.2) is 0 Å². The average molecular weight is 211 g/mol. The molecule has 0 atom stereocenters. The minimum absolute atomic E-state index is 1.24. The van der Waals surface area contributed by atoms with Gasteiger partial charge in [0.05, 0.1) is 0 Å². The summed E-state index contributed by atoms with van der Waals surface area (Å²) >= 11 is 0. The van der Waals surface area contributed by atoms with Gasteiger partial charge in [-0.3, -0.25) is 4.84 Å². The van der Waals surface area contributed by atoms with Crippen molar-refractivity contribution in [3.05, 3.63) is 30.1 Å². The molecule has 0 fully saturated rings. The van der Waals surface area contributed by atoms with Gasteiger partial charge in [-0.2, -0.15) is 0 Å². The van der Waals surface area contributed by atoms with Gasteiger partial charge in [0.15, 0.2) is 0 Å². The molecule has 0 aromatic carbocycles. The highest BCUT2D eigenvalue weighted by atomic mass is 19.5. The van der Waals surface area contributed by atoms with Crippen molar-refractivity contribution in [1.29, 1.82) is 0 Å².